The molecule has 0 aromatic rings. The molecule has 1 rings (SSSR count). The molecule has 1 fully saturated rings. The molecule has 3 heteroatoms. The highest BCUT2D eigenvalue weighted by atomic mass is 16.2. The van der Waals surface area contributed by atoms with Crippen molar-refractivity contribution in [2.45, 2.75) is 39.2 Å². The molecule has 1 amide bonds. The van der Waals surface area contributed by atoms with E-state index in [2.05, 4.69) is 19.2 Å². The largest absolute Gasteiger partial charge is 0.349 e. The number of amides is 1. The lowest BCUT2D eigenvalue weighted by Gasteiger charge is -2.10. The second-order valence-corrected chi connectivity index (χ2v) is 5.09. The standard InChI is InChI=1S/C11H22N2O/c1-11(2)8-9(11)12-7-5-6-10(14)13(3)4/h9,12H,5-8H2,1-4H3. The fourth-order valence-electron chi connectivity index (χ4n) is 1.56. The average Bonchev–Trinajstić information content (AvgIpc) is 2.67. The predicted molar refractivity (Wildman–Crippen MR) is 58.1 cm³/mol. The summed E-state index contributed by atoms with van der Waals surface area (Å²) in [4.78, 5) is 12.9. The quantitative estimate of drug-likeness (QED) is 0.674. The van der Waals surface area contributed by atoms with Gasteiger partial charge in [0.25, 0.3) is 0 Å². The van der Waals surface area contributed by atoms with E-state index >= 15 is 0 Å². The van der Waals surface area contributed by atoms with Crippen LogP contribution in [0.5, 0.6) is 0 Å². The van der Waals surface area contributed by atoms with Gasteiger partial charge in [0.05, 0.1) is 0 Å². The summed E-state index contributed by atoms with van der Waals surface area (Å²) in [6.07, 6.45) is 2.88. The summed E-state index contributed by atoms with van der Waals surface area (Å²) in [7, 11) is 3.61. The van der Waals surface area contributed by atoms with E-state index in [1.165, 1.54) is 6.42 Å². The van der Waals surface area contributed by atoms with Gasteiger partial charge < -0.3 is 10.2 Å². The first-order valence-corrected chi connectivity index (χ1v) is 5.37. The van der Waals surface area contributed by atoms with E-state index in [4.69, 9.17) is 0 Å². The Bertz CT molecular complexity index is 211. The summed E-state index contributed by atoms with van der Waals surface area (Å²) in [5.74, 6) is 0.224. The van der Waals surface area contributed by atoms with Crippen molar-refractivity contribution in [3.63, 3.8) is 0 Å². The van der Waals surface area contributed by atoms with Crippen LogP contribution in [0.25, 0.3) is 0 Å². The minimum absolute atomic E-state index is 0.224. The Balaban J connectivity index is 1.98. The minimum atomic E-state index is 0.224. The summed E-state index contributed by atoms with van der Waals surface area (Å²) in [6.45, 7) is 5.51. The highest BCUT2D eigenvalue weighted by Crippen LogP contribution is 2.44. The van der Waals surface area contributed by atoms with Crippen molar-refractivity contribution >= 4 is 5.91 Å². The van der Waals surface area contributed by atoms with Gasteiger partial charge in [0.1, 0.15) is 0 Å². The van der Waals surface area contributed by atoms with Gasteiger partial charge in [0, 0.05) is 26.6 Å². The van der Waals surface area contributed by atoms with Gasteiger partial charge >= 0.3 is 0 Å². The lowest BCUT2D eigenvalue weighted by Crippen LogP contribution is -2.25. The minimum Gasteiger partial charge on any atom is -0.349 e. The predicted octanol–water partition coefficient (Wildman–Crippen LogP) is 1.24. The second kappa shape index (κ2) is 4.30. The van der Waals surface area contributed by atoms with Gasteiger partial charge in [-0.15, -0.1) is 0 Å². The molecule has 1 N–H and O–H groups in total. The lowest BCUT2D eigenvalue weighted by molar-refractivity contribution is -0.128. The van der Waals surface area contributed by atoms with Crippen molar-refractivity contribution < 1.29 is 4.79 Å². The molecule has 0 bridgehead atoms. The number of hydrogen-bond acceptors (Lipinski definition) is 2. The fraction of sp³-hybridized carbons (Fsp3) is 0.909. The van der Waals surface area contributed by atoms with Crippen LogP contribution in [0.3, 0.4) is 0 Å². The number of rotatable bonds is 5. The highest BCUT2D eigenvalue weighted by Gasteiger charge is 2.44. The molecule has 0 saturated heterocycles. The van der Waals surface area contributed by atoms with Gasteiger partial charge in [-0.05, 0) is 24.8 Å². The number of carbonyl (C=O) groups excluding carboxylic acids is 1. The van der Waals surface area contributed by atoms with Gasteiger partial charge in [-0.3, -0.25) is 4.79 Å². The molecule has 0 aromatic heterocycles. The molecule has 0 aromatic carbocycles. The van der Waals surface area contributed by atoms with Gasteiger partial charge in [-0.1, -0.05) is 13.8 Å². The van der Waals surface area contributed by atoms with E-state index in [1.807, 2.05) is 0 Å². The topological polar surface area (TPSA) is 32.3 Å². The van der Waals surface area contributed by atoms with Crippen LogP contribution in [0.1, 0.15) is 33.1 Å². The van der Waals surface area contributed by atoms with Gasteiger partial charge in [-0.25, -0.2) is 0 Å². The maximum absolute atomic E-state index is 11.2. The van der Waals surface area contributed by atoms with Crippen LogP contribution in [-0.4, -0.2) is 37.5 Å². The van der Waals surface area contributed by atoms with Crippen LogP contribution < -0.4 is 5.32 Å². The van der Waals surface area contributed by atoms with E-state index in [0.717, 1.165) is 13.0 Å². The van der Waals surface area contributed by atoms with E-state index in [0.29, 0.717) is 17.9 Å². The zero-order valence-electron chi connectivity index (χ0n) is 9.76. The van der Waals surface area contributed by atoms with Crippen LogP contribution in [-0.2, 0) is 4.79 Å². The van der Waals surface area contributed by atoms with E-state index in [1.54, 1.807) is 19.0 Å². The first-order chi connectivity index (χ1) is 6.43. The second-order valence-electron chi connectivity index (χ2n) is 5.09. The Morgan fingerprint density at radius 3 is 2.50 bits per heavy atom. The molecule has 0 aliphatic heterocycles. The van der Waals surface area contributed by atoms with Crippen LogP contribution in [0.2, 0.25) is 0 Å². The van der Waals surface area contributed by atoms with Crippen LogP contribution >= 0.6 is 0 Å². The molecule has 0 radical (unpaired) electrons. The third-order valence-electron chi connectivity index (χ3n) is 2.97. The Hall–Kier alpha value is -0.570. The maximum Gasteiger partial charge on any atom is 0.222 e. The summed E-state index contributed by atoms with van der Waals surface area (Å²) < 4.78 is 0. The number of carbonyl (C=O) groups is 1. The van der Waals surface area contributed by atoms with Gasteiger partial charge in [-0.2, -0.15) is 0 Å². The lowest BCUT2D eigenvalue weighted by atomic mass is 10.2. The number of hydrogen-bond donors (Lipinski definition) is 1. The average molecular weight is 198 g/mol. The first-order valence-electron chi connectivity index (χ1n) is 5.37. The molecule has 1 aliphatic carbocycles. The molecule has 82 valence electrons. The molecular formula is C11H22N2O. The van der Waals surface area contributed by atoms with Gasteiger partial charge in [0.2, 0.25) is 5.91 Å². The Kier molecular flexibility index (Phi) is 3.53. The molecule has 1 unspecified atom stereocenters. The third kappa shape index (κ3) is 3.29. The van der Waals surface area contributed by atoms with Crippen molar-refractivity contribution in [1.29, 1.82) is 0 Å². The summed E-state index contributed by atoms with van der Waals surface area (Å²) in [5.41, 5.74) is 0.492. The first kappa shape index (κ1) is 11.5. The van der Waals surface area contributed by atoms with Crippen molar-refractivity contribution in [1.82, 2.24) is 10.2 Å². The van der Waals surface area contributed by atoms with Gasteiger partial charge in [0.15, 0.2) is 0 Å². The normalized spacial score (nSPS) is 23.3. The van der Waals surface area contributed by atoms with Crippen LogP contribution in [0, 0.1) is 5.41 Å². The number of nitrogens with zero attached hydrogens (tertiary/aromatic N) is 1. The monoisotopic (exact) mass is 198 g/mol. The van der Waals surface area contributed by atoms with Crippen molar-refractivity contribution in [3.8, 4) is 0 Å². The highest BCUT2D eigenvalue weighted by molar-refractivity contribution is 5.75. The van der Waals surface area contributed by atoms with E-state index < -0.39 is 0 Å². The third-order valence-corrected chi connectivity index (χ3v) is 2.97. The molecule has 0 spiro atoms. The zero-order valence-corrected chi connectivity index (χ0v) is 9.76. The van der Waals surface area contributed by atoms with Crippen molar-refractivity contribution in [2.24, 2.45) is 5.41 Å². The Labute approximate surface area is 86.9 Å². The molecule has 1 saturated carbocycles. The van der Waals surface area contributed by atoms with E-state index in [9.17, 15) is 4.79 Å². The van der Waals surface area contributed by atoms with Crippen molar-refractivity contribution in [2.75, 3.05) is 20.6 Å². The summed E-state index contributed by atoms with van der Waals surface area (Å²) in [5, 5.41) is 3.47. The Morgan fingerprint density at radius 1 is 1.50 bits per heavy atom. The Morgan fingerprint density at radius 2 is 2.07 bits per heavy atom. The molecule has 3 nitrogen and oxygen atoms in total. The fourth-order valence-corrected chi connectivity index (χ4v) is 1.56. The van der Waals surface area contributed by atoms with E-state index in [-0.39, 0.29) is 5.91 Å². The van der Waals surface area contributed by atoms with Crippen LogP contribution in [0.15, 0.2) is 0 Å². The molecule has 1 aliphatic rings. The molecule has 0 heterocycles. The number of nitrogens with one attached hydrogen (secondary N) is 1. The summed E-state index contributed by atoms with van der Waals surface area (Å²) in [6, 6.07) is 0.678. The maximum atomic E-state index is 11.2. The smallest absolute Gasteiger partial charge is 0.222 e. The molecule has 1 atom stereocenters. The SMILES string of the molecule is CN(C)C(=O)CCCNC1CC1(C)C. The van der Waals surface area contributed by atoms with Crippen LogP contribution in [0.4, 0.5) is 0 Å². The zero-order chi connectivity index (χ0) is 10.8. The molecule has 14 heavy (non-hydrogen) atoms. The molecular weight excluding hydrogens is 176 g/mol. The van der Waals surface area contributed by atoms with Crippen molar-refractivity contribution in [3.05, 3.63) is 0 Å². The summed E-state index contributed by atoms with van der Waals surface area (Å²) >= 11 is 0.